The van der Waals surface area contributed by atoms with Crippen molar-refractivity contribution in [2.75, 3.05) is 13.1 Å². The molecule has 0 radical (unpaired) electrons. The topological polar surface area (TPSA) is 67.1 Å². The minimum absolute atomic E-state index is 0. The highest BCUT2D eigenvalue weighted by atomic mass is 127. The zero-order valence-corrected chi connectivity index (χ0v) is 16.0. The van der Waals surface area contributed by atoms with Crippen LogP contribution < -0.4 is 10.6 Å². The van der Waals surface area contributed by atoms with Gasteiger partial charge >= 0.3 is 0 Å². The summed E-state index contributed by atoms with van der Waals surface area (Å²) in [5.74, 6) is 1.96. The van der Waals surface area contributed by atoms with Crippen molar-refractivity contribution >= 4 is 29.9 Å². The number of aromatic nitrogens is 3. The van der Waals surface area contributed by atoms with Crippen molar-refractivity contribution in [2.45, 2.75) is 65.0 Å². The smallest absolute Gasteiger partial charge is 0.191 e. The average molecular weight is 420 g/mol. The van der Waals surface area contributed by atoms with Crippen LogP contribution in [0.2, 0.25) is 0 Å². The van der Waals surface area contributed by atoms with Gasteiger partial charge in [0.05, 0.1) is 6.54 Å². The molecule has 0 atom stereocenters. The number of halogens is 1. The second-order valence-corrected chi connectivity index (χ2v) is 5.53. The molecule has 1 aromatic heterocycles. The van der Waals surface area contributed by atoms with Gasteiger partial charge in [0.25, 0.3) is 0 Å². The van der Waals surface area contributed by atoms with Gasteiger partial charge in [0.15, 0.2) is 5.96 Å². The lowest BCUT2D eigenvalue weighted by atomic mass is 9.96. The molecule has 1 aliphatic rings. The summed E-state index contributed by atoms with van der Waals surface area (Å²) in [4.78, 5) is 4.68. The van der Waals surface area contributed by atoms with Crippen molar-refractivity contribution in [3.8, 4) is 0 Å². The molecule has 0 saturated heterocycles. The van der Waals surface area contributed by atoms with Gasteiger partial charge in [0.1, 0.15) is 12.2 Å². The minimum Gasteiger partial charge on any atom is -0.357 e. The van der Waals surface area contributed by atoms with Crippen molar-refractivity contribution < 1.29 is 0 Å². The second-order valence-electron chi connectivity index (χ2n) is 5.53. The highest BCUT2D eigenvalue weighted by Gasteiger charge is 2.14. The summed E-state index contributed by atoms with van der Waals surface area (Å²) in [5, 5.41) is 15.0. The van der Waals surface area contributed by atoms with E-state index in [2.05, 4.69) is 44.2 Å². The Morgan fingerprint density at radius 1 is 1.32 bits per heavy atom. The van der Waals surface area contributed by atoms with Gasteiger partial charge in [0.2, 0.25) is 0 Å². The molecular weight excluding hydrogens is 391 g/mol. The van der Waals surface area contributed by atoms with Crippen LogP contribution in [0.4, 0.5) is 0 Å². The quantitative estimate of drug-likeness (QED) is 0.421. The van der Waals surface area contributed by atoms with Gasteiger partial charge in [-0.25, -0.2) is 0 Å². The van der Waals surface area contributed by atoms with E-state index in [9.17, 15) is 0 Å². The first-order chi connectivity index (χ1) is 10.3. The number of guanidine groups is 1. The minimum atomic E-state index is 0. The third kappa shape index (κ3) is 6.10. The van der Waals surface area contributed by atoms with E-state index in [1.807, 2.05) is 0 Å². The molecule has 1 aromatic rings. The molecule has 1 fully saturated rings. The molecule has 1 heterocycles. The molecule has 0 amide bonds. The lowest BCUT2D eigenvalue weighted by Gasteiger charge is -2.24. The van der Waals surface area contributed by atoms with Gasteiger partial charge in [-0.15, -0.1) is 34.2 Å². The molecule has 1 aliphatic carbocycles. The second kappa shape index (κ2) is 10.8. The Hall–Kier alpha value is -0.860. The van der Waals surface area contributed by atoms with Gasteiger partial charge in [-0.1, -0.05) is 26.2 Å². The molecule has 6 nitrogen and oxygen atoms in total. The third-order valence-electron chi connectivity index (χ3n) is 3.91. The maximum Gasteiger partial charge on any atom is 0.191 e. The predicted octanol–water partition coefficient (Wildman–Crippen LogP) is 2.35. The van der Waals surface area contributed by atoms with Crippen molar-refractivity contribution in [2.24, 2.45) is 4.99 Å². The molecular formula is C15H29IN6. The van der Waals surface area contributed by atoms with Gasteiger partial charge in [-0.3, -0.25) is 4.99 Å². The highest BCUT2D eigenvalue weighted by molar-refractivity contribution is 14.0. The van der Waals surface area contributed by atoms with Crippen LogP contribution in [0.3, 0.4) is 0 Å². The zero-order valence-electron chi connectivity index (χ0n) is 13.7. The van der Waals surface area contributed by atoms with Crippen LogP contribution in [0, 0.1) is 0 Å². The molecule has 0 spiro atoms. The fourth-order valence-corrected chi connectivity index (χ4v) is 2.77. The van der Waals surface area contributed by atoms with Gasteiger partial charge in [0, 0.05) is 25.6 Å². The predicted molar refractivity (Wildman–Crippen MR) is 101 cm³/mol. The molecule has 0 aliphatic heterocycles. The summed E-state index contributed by atoms with van der Waals surface area (Å²) >= 11 is 0. The van der Waals surface area contributed by atoms with Crippen molar-refractivity contribution in [3.63, 3.8) is 0 Å². The van der Waals surface area contributed by atoms with Gasteiger partial charge in [-0.05, 0) is 19.8 Å². The van der Waals surface area contributed by atoms with E-state index in [0.29, 0.717) is 6.04 Å². The fraction of sp³-hybridized carbons (Fsp3) is 0.800. The standard InChI is InChI=1S/C15H28N6.HI/c1-3-14-20-18-12-21(14)11-10-17-15(16-4-2)19-13-8-6-5-7-9-13;/h12-13H,3-11H2,1-2H3,(H2,16,17,19);1H. The molecule has 7 heteroatoms. The maximum absolute atomic E-state index is 4.68. The SMILES string of the molecule is CCNC(=NCCn1cnnc1CC)NC1CCCCC1.I. The molecule has 126 valence electrons. The van der Waals surface area contributed by atoms with Crippen molar-refractivity contribution in [3.05, 3.63) is 12.2 Å². The number of rotatable bonds is 6. The number of aliphatic imine (C=N–C) groups is 1. The Bertz CT molecular complexity index is 439. The first-order valence-electron chi connectivity index (χ1n) is 8.25. The number of nitrogens with one attached hydrogen (secondary N) is 2. The average Bonchev–Trinajstić information content (AvgIpc) is 2.96. The van der Waals surface area contributed by atoms with E-state index in [1.54, 1.807) is 6.33 Å². The van der Waals surface area contributed by atoms with Crippen LogP contribution in [-0.4, -0.2) is 39.9 Å². The fourth-order valence-electron chi connectivity index (χ4n) is 2.77. The van der Waals surface area contributed by atoms with Crippen LogP contribution in [0.15, 0.2) is 11.3 Å². The van der Waals surface area contributed by atoms with Crippen LogP contribution >= 0.6 is 24.0 Å². The van der Waals surface area contributed by atoms with E-state index in [1.165, 1.54) is 32.1 Å². The first-order valence-corrected chi connectivity index (χ1v) is 8.25. The monoisotopic (exact) mass is 420 g/mol. The molecule has 22 heavy (non-hydrogen) atoms. The van der Waals surface area contributed by atoms with Crippen LogP contribution in [0.5, 0.6) is 0 Å². The number of nitrogens with zero attached hydrogens (tertiary/aromatic N) is 4. The Labute approximate surface area is 150 Å². The summed E-state index contributed by atoms with van der Waals surface area (Å²) in [5.41, 5.74) is 0. The van der Waals surface area contributed by atoms with Gasteiger partial charge in [-0.2, -0.15) is 0 Å². The summed E-state index contributed by atoms with van der Waals surface area (Å²) in [6, 6.07) is 0.581. The van der Waals surface area contributed by atoms with E-state index in [0.717, 1.165) is 37.8 Å². The van der Waals surface area contributed by atoms with E-state index in [4.69, 9.17) is 0 Å². The summed E-state index contributed by atoms with van der Waals surface area (Å²) < 4.78 is 2.08. The van der Waals surface area contributed by atoms with E-state index >= 15 is 0 Å². The summed E-state index contributed by atoms with van der Waals surface area (Å²) in [6.07, 6.45) is 9.25. The third-order valence-corrected chi connectivity index (χ3v) is 3.91. The molecule has 1 saturated carbocycles. The van der Waals surface area contributed by atoms with Crippen molar-refractivity contribution in [1.29, 1.82) is 0 Å². The molecule has 2 rings (SSSR count). The Kier molecular flexibility index (Phi) is 9.42. The van der Waals surface area contributed by atoms with Crippen LogP contribution in [0.25, 0.3) is 0 Å². The number of hydrogen-bond acceptors (Lipinski definition) is 3. The van der Waals surface area contributed by atoms with Crippen LogP contribution in [-0.2, 0) is 13.0 Å². The molecule has 0 unspecified atom stereocenters. The molecule has 0 aromatic carbocycles. The van der Waals surface area contributed by atoms with Gasteiger partial charge < -0.3 is 15.2 Å². The normalized spacial score (nSPS) is 16.2. The highest BCUT2D eigenvalue weighted by Crippen LogP contribution is 2.17. The lowest BCUT2D eigenvalue weighted by Crippen LogP contribution is -2.44. The first kappa shape index (κ1) is 19.2. The number of aryl methyl sites for hydroxylation is 1. The molecule has 0 bridgehead atoms. The Morgan fingerprint density at radius 3 is 2.77 bits per heavy atom. The Balaban J connectivity index is 0.00000242. The summed E-state index contributed by atoms with van der Waals surface area (Å²) in [6.45, 7) is 6.67. The van der Waals surface area contributed by atoms with E-state index < -0.39 is 0 Å². The largest absolute Gasteiger partial charge is 0.357 e. The zero-order chi connectivity index (χ0) is 14.9. The van der Waals surface area contributed by atoms with Crippen LogP contribution in [0.1, 0.15) is 51.8 Å². The number of hydrogen-bond donors (Lipinski definition) is 2. The maximum atomic E-state index is 4.68. The molecule has 2 N–H and O–H groups in total. The lowest BCUT2D eigenvalue weighted by molar-refractivity contribution is 0.410. The van der Waals surface area contributed by atoms with E-state index in [-0.39, 0.29) is 24.0 Å². The Morgan fingerprint density at radius 2 is 2.09 bits per heavy atom. The summed E-state index contributed by atoms with van der Waals surface area (Å²) in [7, 11) is 0. The van der Waals surface area contributed by atoms with Crippen molar-refractivity contribution in [1.82, 2.24) is 25.4 Å².